The predicted octanol–water partition coefficient (Wildman–Crippen LogP) is 2.73. The van der Waals surface area contributed by atoms with Crippen molar-refractivity contribution in [3.63, 3.8) is 0 Å². The average Bonchev–Trinajstić information content (AvgIpc) is 2.81. The first-order valence-electron chi connectivity index (χ1n) is 9.19. The number of hydrogen-bond acceptors (Lipinski definition) is 3. The van der Waals surface area contributed by atoms with Crippen LogP contribution in [0.25, 0.3) is 0 Å². The van der Waals surface area contributed by atoms with Gasteiger partial charge in [-0.15, -0.1) is 0 Å². The first-order valence-corrected chi connectivity index (χ1v) is 9.19. The third-order valence-corrected chi connectivity index (χ3v) is 4.30. The van der Waals surface area contributed by atoms with Crippen molar-refractivity contribution in [2.75, 3.05) is 26.2 Å². The molecule has 2 rings (SSSR count). The van der Waals surface area contributed by atoms with Gasteiger partial charge in [0, 0.05) is 32.1 Å². The van der Waals surface area contributed by atoms with Crippen LogP contribution in [0.5, 0.6) is 5.75 Å². The fourth-order valence-electron chi connectivity index (χ4n) is 3.00. The molecule has 0 unspecified atom stereocenters. The maximum Gasteiger partial charge on any atom is 0.227 e. The van der Waals surface area contributed by atoms with E-state index in [1.54, 1.807) is 0 Å². The molecule has 0 radical (unpaired) electrons. The van der Waals surface area contributed by atoms with Crippen LogP contribution in [-0.4, -0.2) is 53.9 Å². The maximum absolute atomic E-state index is 12.6. The van der Waals surface area contributed by atoms with Gasteiger partial charge in [0.15, 0.2) is 0 Å². The van der Waals surface area contributed by atoms with E-state index in [2.05, 4.69) is 0 Å². The van der Waals surface area contributed by atoms with Crippen LogP contribution in [0.3, 0.4) is 0 Å². The number of carbonyl (C=O) groups excluding carboxylic acids is 2. The molecule has 0 saturated carbocycles. The van der Waals surface area contributed by atoms with E-state index in [9.17, 15) is 9.59 Å². The fraction of sp³-hybridized carbons (Fsp3) is 0.600. The van der Waals surface area contributed by atoms with Gasteiger partial charge in [-0.3, -0.25) is 9.59 Å². The molecule has 0 N–H and O–H groups in total. The minimum atomic E-state index is 0.00817. The van der Waals surface area contributed by atoms with Crippen LogP contribution in [0, 0.1) is 5.92 Å². The molecule has 2 amide bonds. The highest BCUT2D eigenvalue weighted by Crippen LogP contribution is 2.15. The van der Waals surface area contributed by atoms with E-state index < -0.39 is 0 Å². The molecule has 1 aromatic rings. The molecule has 1 aliphatic rings. The Morgan fingerprint density at radius 1 is 0.960 bits per heavy atom. The highest BCUT2D eigenvalue weighted by Gasteiger charge is 2.23. The Kier molecular flexibility index (Phi) is 6.85. The zero-order valence-electron chi connectivity index (χ0n) is 15.8. The normalized spacial score (nSPS) is 15.4. The summed E-state index contributed by atoms with van der Waals surface area (Å²) in [4.78, 5) is 28.5. The van der Waals surface area contributed by atoms with E-state index in [0.29, 0.717) is 19.5 Å². The van der Waals surface area contributed by atoms with E-state index in [0.717, 1.165) is 30.8 Å². The van der Waals surface area contributed by atoms with Gasteiger partial charge >= 0.3 is 0 Å². The van der Waals surface area contributed by atoms with Gasteiger partial charge in [-0.05, 0) is 38.0 Å². The first kappa shape index (κ1) is 19.3. The molecule has 0 atom stereocenters. The summed E-state index contributed by atoms with van der Waals surface area (Å²) in [6.07, 6.45) is 1.37. The predicted molar refractivity (Wildman–Crippen MR) is 98.5 cm³/mol. The molecule has 0 aromatic heterocycles. The first-order chi connectivity index (χ1) is 11.9. The van der Waals surface area contributed by atoms with Crippen molar-refractivity contribution < 1.29 is 14.3 Å². The lowest BCUT2D eigenvalue weighted by Crippen LogP contribution is -2.39. The third kappa shape index (κ3) is 5.76. The Balaban J connectivity index is 1.89. The Morgan fingerprint density at radius 2 is 1.56 bits per heavy atom. The van der Waals surface area contributed by atoms with Crippen molar-refractivity contribution >= 4 is 11.8 Å². The van der Waals surface area contributed by atoms with Crippen molar-refractivity contribution in [2.24, 2.45) is 5.92 Å². The van der Waals surface area contributed by atoms with Crippen molar-refractivity contribution in [1.29, 1.82) is 0 Å². The molecule has 0 aliphatic carbocycles. The smallest absolute Gasteiger partial charge is 0.227 e. The number of benzene rings is 1. The fourth-order valence-corrected chi connectivity index (χ4v) is 3.00. The molecule has 138 valence electrons. The van der Waals surface area contributed by atoms with Gasteiger partial charge in [0.2, 0.25) is 11.8 Å². The van der Waals surface area contributed by atoms with Crippen LogP contribution in [0.2, 0.25) is 0 Å². The maximum atomic E-state index is 12.6. The molecule has 1 saturated heterocycles. The Bertz CT molecular complexity index is 581. The van der Waals surface area contributed by atoms with Crippen LogP contribution in [0.15, 0.2) is 24.3 Å². The van der Waals surface area contributed by atoms with Gasteiger partial charge in [0.25, 0.3) is 0 Å². The molecule has 0 spiro atoms. The molecule has 1 fully saturated rings. The molecule has 25 heavy (non-hydrogen) atoms. The van der Waals surface area contributed by atoms with Crippen LogP contribution in [-0.2, 0) is 16.0 Å². The number of hydrogen-bond donors (Lipinski definition) is 0. The van der Waals surface area contributed by atoms with Crippen LogP contribution < -0.4 is 4.74 Å². The van der Waals surface area contributed by atoms with Gasteiger partial charge in [-0.1, -0.05) is 26.0 Å². The van der Waals surface area contributed by atoms with Gasteiger partial charge in [-0.25, -0.2) is 0 Å². The van der Waals surface area contributed by atoms with E-state index in [4.69, 9.17) is 4.74 Å². The summed E-state index contributed by atoms with van der Waals surface area (Å²) >= 11 is 0. The summed E-state index contributed by atoms with van der Waals surface area (Å²) < 4.78 is 5.63. The standard InChI is InChI=1S/C20H30N2O3/c1-15(2)20(24)22-11-5-10-21(12-13-22)19(23)14-17-6-8-18(9-7-17)25-16(3)4/h6-9,15-16H,5,10-14H2,1-4H3. The zero-order valence-corrected chi connectivity index (χ0v) is 15.8. The number of ether oxygens (including phenoxy) is 1. The second kappa shape index (κ2) is 8.88. The summed E-state index contributed by atoms with van der Waals surface area (Å²) in [5, 5.41) is 0. The number of nitrogens with zero attached hydrogens (tertiary/aromatic N) is 2. The summed E-state index contributed by atoms with van der Waals surface area (Å²) in [5.74, 6) is 1.13. The van der Waals surface area contributed by atoms with E-state index in [1.165, 1.54) is 0 Å². The van der Waals surface area contributed by atoms with Gasteiger partial charge in [-0.2, -0.15) is 0 Å². The average molecular weight is 346 g/mol. The number of amides is 2. The van der Waals surface area contributed by atoms with Crippen LogP contribution >= 0.6 is 0 Å². The molecule has 1 aliphatic heterocycles. The van der Waals surface area contributed by atoms with Crippen molar-refractivity contribution in [3.8, 4) is 5.75 Å². The quantitative estimate of drug-likeness (QED) is 0.824. The summed E-state index contributed by atoms with van der Waals surface area (Å²) in [6, 6.07) is 7.71. The molecule has 1 aromatic carbocycles. The van der Waals surface area contributed by atoms with Crippen molar-refractivity contribution in [3.05, 3.63) is 29.8 Å². The number of carbonyl (C=O) groups is 2. The highest BCUT2D eigenvalue weighted by molar-refractivity contribution is 5.80. The van der Waals surface area contributed by atoms with E-state index in [-0.39, 0.29) is 23.8 Å². The Hall–Kier alpha value is -2.04. The Labute approximate surface area is 150 Å². The minimum absolute atomic E-state index is 0.00817. The van der Waals surface area contributed by atoms with Crippen molar-refractivity contribution in [1.82, 2.24) is 9.80 Å². The topological polar surface area (TPSA) is 49.9 Å². The lowest BCUT2D eigenvalue weighted by molar-refractivity contribution is -0.135. The van der Waals surface area contributed by atoms with Crippen LogP contribution in [0.1, 0.15) is 39.7 Å². The molecular weight excluding hydrogens is 316 g/mol. The molecule has 5 nitrogen and oxygen atoms in total. The van der Waals surface area contributed by atoms with E-state index >= 15 is 0 Å². The second-order valence-electron chi connectivity index (χ2n) is 7.20. The lowest BCUT2D eigenvalue weighted by atomic mass is 10.1. The van der Waals surface area contributed by atoms with E-state index in [1.807, 2.05) is 61.8 Å². The lowest BCUT2D eigenvalue weighted by Gasteiger charge is -2.23. The SMILES string of the molecule is CC(C)Oc1ccc(CC(=O)N2CCCN(C(=O)C(C)C)CC2)cc1. The minimum Gasteiger partial charge on any atom is -0.491 e. The Morgan fingerprint density at radius 3 is 2.16 bits per heavy atom. The molecular formula is C20H30N2O3. The largest absolute Gasteiger partial charge is 0.491 e. The number of rotatable bonds is 5. The second-order valence-corrected chi connectivity index (χ2v) is 7.20. The van der Waals surface area contributed by atoms with Crippen molar-refractivity contribution in [2.45, 2.75) is 46.6 Å². The highest BCUT2D eigenvalue weighted by atomic mass is 16.5. The van der Waals surface area contributed by atoms with Gasteiger partial charge in [0.05, 0.1) is 12.5 Å². The molecule has 1 heterocycles. The zero-order chi connectivity index (χ0) is 18.4. The molecule has 5 heteroatoms. The third-order valence-electron chi connectivity index (χ3n) is 4.30. The van der Waals surface area contributed by atoms with Crippen LogP contribution in [0.4, 0.5) is 0 Å². The summed E-state index contributed by atoms with van der Waals surface area (Å²) in [7, 11) is 0. The summed E-state index contributed by atoms with van der Waals surface area (Å²) in [5.41, 5.74) is 0.987. The van der Waals surface area contributed by atoms with Gasteiger partial charge in [0.1, 0.15) is 5.75 Å². The molecule has 0 bridgehead atoms. The summed E-state index contributed by atoms with van der Waals surface area (Å²) in [6.45, 7) is 10.5. The van der Waals surface area contributed by atoms with Gasteiger partial charge < -0.3 is 14.5 Å². The monoisotopic (exact) mass is 346 g/mol.